The van der Waals surface area contributed by atoms with Gasteiger partial charge in [-0.3, -0.25) is 4.90 Å². The van der Waals surface area contributed by atoms with Gasteiger partial charge in [0.25, 0.3) is 0 Å². The first-order valence-corrected chi connectivity index (χ1v) is 7.31. The summed E-state index contributed by atoms with van der Waals surface area (Å²) in [5.41, 5.74) is 0. The first-order chi connectivity index (χ1) is 7.47. The molecule has 1 saturated heterocycles. The van der Waals surface area contributed by atoms with Gasteiger partial charge in [0, 0.05) is 45.8 Å². The molecule has 0 saturated carbocycles. The maximum Gasteiger partial charge on any atom is 0.210 e. The Bertz CT molecular complexity index is 286. The molecule has 96 valence electrons. The molecule has 3 N–H and O–H groups in total. The summed E-state index contributed by atoms with van der Waals surface area (Å²) < 4.78 is 21.3. The number of primary sulfonamides is 1. The largest absolute Gasteiger partial charge is 0.314 e. The maximum atomic E-state index is 10.7. The van der Waals surface area contributed by atoms with Gasteiger partial charge >= 0.3 is 0 Å². The van der Waals surface area contributed by atoms with Crippen molar-refractivity contribution in [2.45, 2.75) is 0 Å². The predicted octanol–water partition coefficient (Wildman–Crippen LogP) is -1.89. The average Bonchev–Trinajstić information content (AvgIpc) is 2.19. The Balaban J connectivity index is 1.99. The van der Waals surface area contributed by atoms with Crippen molar-refractivity contribution in [2.75, 3.05) is 58.6 Å². The summed E-state index contributed by atoms with van der Waals surface area (Å²) in [6.07, 6.45) is 0. The van der Waals surface area contributed by atoms with Crippen LogP contribution in [-0.2, 0) is 10.0 Å². The molecule has 0 aliphatic carbocycles. The minimum atomic E-state index is -3.32. The van der Waals surface area contributed by atoms with Crippen LogP contribution >= 0.6 is 0 Å². The fourth-order valence-electron chi connectivity index (χ4n) is 1.65. The molecule has 0 spiro atoms. The number of nitrogens with one attached hydrogen (secondary N) is 1. The number of hydrogen-bond donors (Lipinski definition) is 2. The second-order valence-corrected chi connectivity index (χ2v) is 6.00. The van der Waals surface area contributed by atoms with Crippen molar-refractivity contribution in [3.8, 4) is 0 Å². The third-order valence-electron chi connectivity index (χ3n) is 2.76. The monoisotopic (exact) mass is 250 g/mol. The minimum absolute atomic E-state index is 0.00966. The molecule has 1 aliphatic heterocycles. The molecule has 0 bridgehead atoms. The van der Waals surface area contributed by atoms with Crippen molar-refractivity contribution in [1.29, 1.82) is 0 Å². The van der Waals surface area contributed by atoms with E-state index in [0.717, 1.165) is 39.3 Å². The molecule has 16 heavy (non-hydrogen) atoms. The number of nitrogens with zero attached hydrogens (tertiary/aromatic N) is 2. The van der Waals surface area contributed by atoms with E-state index < -0.39 is 10.0 Å². The molecule has 0 aromatic carbocycles. The molecule has 1 fully saturated rings. The van der Waals surface area contributed by atoms with Gasteiger partial charge in [-0.25, -0.2) is 13.6 Å². The van der Waals surface area contributed by atoms with Crippen LogP contribution in [0.5, 0.6) is 0 Å². The van der Waals surface area contributed by atoms with Crippen LogP contribution in [0.1, 0.15) is 0 Å². The standard InChI is InChI=1S/C9H22N4O2S/c1-12-5-7-13(8-6-12)4-2-11-3-9-16(10,14)15/h11H,2-9H2,1H3,(H2,10,14,15). The Kier molecular flexibility index (Phi) is 5.63. The zero-order chi connectivity index (χ0) is 12.0. The molecule has 7 heteroatoms. The summed E-state index contributed by atoms with van der Waals surface area (Å²) in [5.74, 6) is 0.00966. The number of hydrogen-bond acceptors (Lipinski definition) is 5. The second kappa shape index (κ2) is 6.51. The molecule has 0 radical (unpaired) electrons. The SMILES string of the molecule is CN1CCN(CCNCCS(N)(=O)=O)CC1. The number of nitrogens with two attached hydrogens (primary N) is 1. The molecule has 1 heterocycles. The quantitative estimate of drug-likeness (QED) is 0.539. The van der Waals surface area contributed by atoms with E-state index in [0.29, 0.717) is 6.54 Å². The molecule has 0 amide bonds. The van der Waals surface area contributed by atoms with Gasteiger partial charge in [0.15, 0.2) is 0 Å². The lowest BCUT2D eigenvalue weighted by Crippen LogP contribution is -2.46. The molecule has 0 unspecified atom stereocenters. The van der Waals surface area contributed by atoms with Crippen molar-refractivity contribution < 1.29 is 8.42 Å². The Morgan fingerprint density at radius 3 is 2.38 bits per heavy atom. The number of likely N-dealkylation sites (N-methyl/N-ethyl adjacent to an activating group) is 1. The van der Waals surface area contributed by atoms with Gasteiger partial charge in [0.1, 0.15) is 0 Å². The Morgan fingerprint density at radius 2 is 1.81 bits per heavy atom. The van der Waals surface area contributed by atoms with Gasteiger partial charge in [-0.05, 0) is 7.05 Å². The Morgan fingerprint density at radius 1 is 1.19 bits per heavy atom. The molecule has 1 aliphatic rings. The Hall–Kier alpha value is -0.210. The molecule has 1 rings (SSSR count). The van der Waals surface area contributed by atoms with Crippen molar-refractivity contribution >= 4 is 10.0 Å². The van der Waals surface area contributed by atoms with Gasteiger partial charge in [0.05, 0.1) is 5.75 Å². The van der Waals surface area contributed by atoms with E-state index in [4.69, 9.17) is 5.14 Å². The van der Waals surface area contributed by atoms with Crippen LogP contribution in [0.4, 0.5) is 0 Å². The van der Waals surface area contributed by atoms with Crippen molar-refractivity contribution in [3.05, 3.63) is 0 Å². The Labute approximate surface area is 97.8 Å². The average molecular weight is 250 g/mol. The normalized spacial score (nSPS) is 20.1. The third-order valence-corrected chi connectivity index (χ3v) is 3.54. The van der Waals surface area contributed by atoms with E-state index in [1.54, 1.807) is 0 Å². The highest BCUT2D eigenvalue weighted by atomic mass is 32.2. The zero-order valence-electron chi connectivity index (χ0n) is 9.85. The van der Waals surface area contributed by atoms with E-state index in [9.17, 15) is 8.42 Å². The fraction of sp³-hybridized carbons (Fsp3) is 1.00. The molecule has 6 nitrogen and oxygen atoms in total. The highest BCUT2D eigenvalue weighted by molar-refractivity contribution is 7.89. The van der Waals surface area contributed by atoms with Gasteiger partial charge in [0.2, 0.25) is 10.0 Å². The predicted molar refractivity (Wildman–Crippen MR) is 64.8 cm³/mol. The van der Waals surface area contributed by atoms with Crippen molar-refractivity contribution in [3.63, 3.8) is 0 Å². The lowest BCUT2D eigenvalue weighted by Gasteiger charge is -2.32. The summed E-state index contributed by atoms with van der Waals surface area (Å²) in [5, 5.41) is 7.98. The van der Waals surface area contributed by atoms with E-state index in [2.05, 4.69) is 22.2 Å². The van der Waals surface area contributed by atoms with E-state index >= 15 is 0 Å². The summed E-state index contributed by atoms with van der Waals surface area (Å²) in [4.78, 5) is 4.69. The molecule has 0 aromatic heterocycles. The fourth-order valence-corrected chi connectivity index (χ4v) is 2.08. The van der Waals surface area contributed by atoms with Crippen LogP contribution in [0.15, 0.2) is 0 Å². The maximum absolute atomic E-state index is 10.7. The topological polar surface area (TPSA) is 78.7 Å². The van der Waals surface area contributed by atoms with Gasteiger partial charge < -0.3 is 10.2 Å². The van der Waals surface area contributed by atoms with E-state index in [1.165, 1.54) is 0 Å². The second-order valence-electron chi connectivity index (χ2n) is 4.26. The minimum Gasteiger partial charge on any atom is -0.314 e. The van der Waals surface area contributed by atoms with Crippen LogP contribution in [0.2, 0.25) is 0 Å². The summed E-state index contributed by atoms with van der Waals surface area (Å²) >= 11 is 0. The summed E-state index contributed by atoms with van der Waals surface area (Å²) in [6.45, 7) is 6.62. The first-order valence-electron chi connectivity index (χ1n) is 5.59. The van der Waals surface area contributed by atoms with E-state index in [-0.39, 0.29) is 5.75 Å². The van der Waals surface area contributed by atoms with Gasteiger partial charge in [-0.15, -0.1) is 0 Å². The van der Waals surface area contributed by atoms with Crippen LogP contribution in [0, 0.1) is 0 Å². The van der Waals surface area contributed by atoms with Gasteiger partial charge in [-0.1, -0.05) is 0 Å². The van der Waals surface area contributed by atoms with Gasteiger partial charge in [-0.2, -0.15) is 0 Å². The first kappa shape index (κ1) is 13.9. The highest BCUT2D eigenvalue weighted by Gasteiger charge is 2.12. The zero-order valence-corrected chi connectivity index (χ0v) is 10.7. The highest BCUT2D eigenvalue weighted by Crippen LogP contribution is 1.97. The van der Waals surface area contributed by atoms with Crippen LogP contribution in [0.25, 0.3) is 0 Å². The third kappa shape index (κ3) is 6.39. The summed E-state index contributed by atoms with van der Waals surface area (Å²) in [6, 6.07) is 0. The summed E-state index contributed by atoms with van der Waals surface area (Å²) in [7, 11) is -1.19. The number of sulfonamides is 1. The molecule has 0 atom stereocenters. The molecular weight excluding hydrogens is 228 g/mol. The molecular formula is C9H22N4O2S. The van der Waals surface area contributed by atoms with Crippen LogP contribution in [-0.4, -0.2) is 76.8 Å². The van der Waals surface area contributed by atoms with Crippen molar-refractivity contribution in [2.24, 2.45) is 5.14 Å². The van der Waals surface area contributed by atoms with Crippen LogP contribution in [0.3, 0.4) is 0 Å². The number of rotatable bonds is 6. The van der Waals surface area contributed by atoms with Crippen molar-refractivity contribution in [1.82, 2.24) is 15.1 Å². The van der Waals surface area contributed by atoms with E-state index in [1.807, 2.05) is 0 Å². The molecule has 0 aromatic rings. The van der Waals surface area contributed by atoms with Crippen LogP contribution < -0.4 is 10.5 Å². The lowest BCUT2D eigenvalue weighted by molar-refractivity contribution is 0.155. The lowest BCUT2D eigenvalue weighted by atomic mass is 10.3. The smallest absolute Gasteiger partial charge is 0.210 e. The number of piperazine rings is 1.